The summed E-state index contributed by atoms with van der Waals surface area (Å²) in [4.78, 5) is 35.2. The van der Waals surface area contributed by atoms with Gasteiger partial charge in [0, 0.05) is 6.07 Å². The molecule has 0 spiro atoms. The standard InChI is InChI=1S/C21H24N2O6/c1-4-14(2)20(15-8-6-5-7-9-15)21(25)29-13-19(24)22-17-11-10-16(23(26)27)12-18(17)28-3/h5-12,14,20H,4,13H2,1-3H3,(H,22,24)/t14-,20-/m1/s1. The van der Waals surface area contributed by atoms with Gasteiger partial charge in [-0.2, -0.15) is 0 Å². The molecule has 0 unspecified atom stereocenters. The highest BCUT2D eigenvalue weighted by Crippen LogP contribution is 2.30. The first-order valence-corrected chi connectivity index (χ1v) is 9.21. The van der Waals surface area contributed by atoms with Crippen LogP contribution in [0, 0.1) is 16.0 Å². The Bertz CT molecular complexity index is 869. The van der Waals surface area contributed by atoms with Crippen molar-refractivity contribution in [3.8, 4) is 5.75 Å². The second-order valence-electron chi connectivity index (χ2n) is 6.57. The zero-order chi connectivity index (χ0) is 21.4. The van der Waals surface area contributed by atoms with Crippen LogP contribution in [-0.4, -0.2) is 30.5 Å². The summed E-state index contributed by atoms with van der Waals surface area (Å²) in [7, 11) is 1.34. The smallest absolute Gasteiger partial charge is 0.314 e. The van der Waals surface area contributed by atoms with Gasteiger partial charge in [0.2, 0.25) is 0 Å². The number of carbonyl (C=O) groups excluding carboxylic acids is 2. The number of nitro groups is 1. The first-order chi connectivity index (χ1) is 13.9. The van der Waals surface area contributed by atoms with Gasteiger partial charge < -0.3 is 14.8 Å². The zero-order valence-corrected chi connectivity index (χ0v) is 16.6. The molecule has 0 aliphatic rings. The highest BCUT2D eigenvalue weighted by atomic mass is 16.6. The van der Waals surface area contributed by atoms with Crippen LogP contribution in [0.3, 0.4) is 0 Å². The highest BCUT2D eigenvalue weighted by molar-refractivity contribution is 5.94. The van der Waals surface area contributed by atoms with Crippen LogP contribution in [0.1, 0.15) is 31.7 Å². The van der Waals surface area contributed by atoms with Crippen molar-refractivity contribution in [3.05, 3.63) is 64.2 Å². The summed E-state index contributed by atoms with van der Waals surface area (Å²) in [5.41, 5.74) is 0.926. The third-order valence-electron chi connectivity index (χ3n) is 4.64. The molecule has 1 amide bonds. The number of ether oxygens (including phenoxy) is 2. The van der Waals surface area contributed by atoms with Crippen molar-refractivity contribution in [2.75, 3.05) is 19.0 Å². The van der Waals surface area contributed by atoms with Gasteiger partial charge in [-0.05, 0) is 17.5 Å². The number of methoxy groups -OCH3 is 1. The van der Waals surface area contributed by atoms with Gasteiger partial charge in [0.25, 0.3) is 11.6 Å². The van der Waals surface area contributed by atoms with Crippen molar-refractivity contribution >= 4 is 23.3 Å². The topological polar surface area (TPSA) is 108 Å². The van der Waals surface area contributed by atoms with E-state index in [-0.39, 0.29) is 23.0 Å². The average Bonchev–Trinajstić information content (AvgIpc) is 2.73. The van der Waals surface area contributed by atoms with E-state index in [1.165, 1.54) is 25.3 Å². The van der Waals surface area contributed by atoms with Crippen molar-refractivity contribution in [1.29, 1.82) is 0 Å². The van der Waals surface area contributed by atoms with Gasteiger partial charge in [-0.25, -0.2) is 0 Å². The summed E-state index contributed by atoms with van der Waals surface area (Å²) in [5.74, 6) is -1.33. The van der Waals surface area contributed by atoms with E-state index in [1.807, 2.05) is 44.2 Å². The molecule has 0 saturated heterocycles. The quantitative estimate of drug-likeness (QED) is 0.388. The highest BCUT2D eigenvalue weighted by Gasteiger charge is 2.28. The van der Waals surface area contributed by atoms with E-state index >= 15 is 0 Å². The lowest BCUT2D eigenvalue weighted by molar-refractivity contribution is -0.384. The number of esters is 1. The van der Waals surface area contributed by atoms with E-state index in [1.54, 1.807) is 0 Å². The summed E-state index contributed by atoms with van der Waals surface area (Å²) in [6, 6.07) is 13.1. The molecule has 0 fully saturated rings. The summed E-state index contributed by atoms with van der Waals surface area (Å²) in [6.07, 6.45) is 0.779. The van der Waals surface area contributed by atoms with Gasteiger partial charge in [0.1, 0.15) is 5.75 Å². The largest absolute Gasteiger partial charge is 0.494 e. The van der Waals surface area contributed by atoms with Crippen LogP contribution < -0.4 is 10.1 Å². The molecule has 0 aromatic heterocycles. The SMILES string of the molecule is CC[C@@H](C)[C@@H](C(=O)OCC(=O)Nc1ccc([N+](=O)[O-])cc1OC)c1ccccc1. The number of rotatable bonds is 9. The number of hydrogen-bond donors (Lipinski definition) is 1. The van der Waals surface area contributed by atoms with Crippen LogP contribution in [0.15, 0.2) is 48.5 Å². The maximum absolute atomic E-state index is 12.6. The molecule has 8 heteroatoms. The van der Waals surface area contributed by atoms with Gasteiger partial charge >= 0.3 is 5.97 Å². The molecular weight excluding hydrogens is 376 g/mol. The molecule has 0 saturated carbocycles. The predicted molar refractivity (Wildman–Crippen MR) is 108 cm³/mol. The summed E-state index contributed by atoms with van der Waals surface area (Å²) in [6.45, 7) is 3.47. The maximum atomic E-state index is 12.6. The number of benzene rings is 2. The van der Waals surface area contributed by atoms with Gasteiger partial charge in [0.05, 0.1) is 29.7 Å². The molecule has 2 aromatic rings. The maximum Gasteiger partial charge on any atom is 0.314 e. The third kappa shape index (κ3) is 5.78. The molecule has 2 aromatic carbocycles. The Morgan fingerprint density at radius 3 is 2.45 bits per heavy atom. The van der Waals surface area contributed by atoms with Crippen LogP contribution in [0.2, 0.25) is 0 Å². The lowest BCUT2D eigenvalue weighted by atomic mass is 9.86. The minimum atomic E-state index is -0.568. The molecular formula is C21H24N2O6. The lowest BCUT2D eigenvalue weighted by Gasteiger charge is -2.21. The molecule has 0 aliphatic heterocycles. The number of anilines is 1. The monoisotopic (exact) mass is 400 g/mol. The van der Waals surface area contributed by atoms with Crippen LogP contribution in [0.4, 0.5) is 11.4 Å². The molecule has 0 radical (unpaired) electrons. The second kappa shape index (κ2) is 10.2. The van der Waals surface area contributed by atoms with E-state index in [4.69, 9.17) is 9.47 Å². The van der Waals surface area contributed by atoms with Crippen LogP contribution >= 0.6 is 0 Å². The van der Waals surface area contributed by atoms with E-state index < -0.39 is 29.3 Å². The van der Waals surface area contributed by atoms with E-state index in [2.05, 4.69) is 5.32 Å². The Kier molecular flexibility index (Phi) is 7.70. The van der Waals surface area contributed by atoms with E-state index in [0.717, 1.165) is 12.0 Å². The van der Waals surface area contributed by atoms with Gasteiger partial charge in [-0.15, -0.1) is 0 Å². The Morgan fingerprint density at radius 1 is 1.17 bits per heavy atom. The third-order valence-corrected chi connectivity index (χ3v) is 4.64. The number of nitrogens with one attached hydrogen (secondary N) is 1. The fourth-order valence-corrected chi connectivity index (χ4v) is 2.90. The van der Waals surface area contributed by atoms with Crippen molar-refractivity contribution in [3.63, 3.8) is 0 Å². The Labute approximate surface area is 169 Å². The lowest BCUT2D eigenvalue weighted by Crippen LogP contribution is -2.27. The molecule has 0 aliphatic carbocycles. The minimum absolute atomic E-state index is 0.0442. The molecule has 0 heterocycles. The fraction of sp³-hybridized carbons (Fsp3) is 0.333. The number of nitro benzene ring substituents is 1. The first-order valence-electron chi connectivity index (χ1n) is 9.21. The molecule has 2 atom stereocenters. The van der Waals surface area contributed by atoms with E-state index in [0.29, 0.717) is 0 Å². The van der Waals surface area contributed by atoms with Gasteiger partial charge in [-0.3, -0.25) is 19.7 Å². The average molecular weight is 400 g/mol. The van der Waals surface area contributed by atoms with Crippen molar-refractivity contribution in [2.45, 2.75) is 26.2 Å². The molecule has 29 heavy (non-hydrogen) atoms. The van der Waals surface area contributed by atoms with Gasteiger partial charge in [0.15, 0.2) is 6.61 Å². The van der Waals surface area contributed by atoms with Crippen molar-refractivity contribution < 1.29 is 24.0 Å². The van der Waals surface area contributed by atoms with Crippen molar-refractivity contribution in [2.24, 2.45) is 5.92 Å². The molecule has 154 valence electrons. The van der Waals surface area contributed by atoms with Crippen LogP contribution in [0.5, 0.6) is 5.75 Å². The van der Waals surface area contributed by atoms with Crippen LogP contribution in [-0.2, 0) is 14.3 Å². The normalized spacial score (nSPS) is 12.5. The summed E-state index contributed by atoms with van der Waals surface area (Å²) >= 11 is 0. The summed E-state index contributed by atoms with van der Waals surface area (Å²) in [5, 5.41) is 13.4. The van der Waals surface area contributed by atoms with Crippen molar-refractivity contribution in [1.82, 2.24) is 0 Å². The Balaban J connectivity index is 2.04. The molecule has 8 nitrogen and oxygen atoms in total. The molecule has 1 N–H and O–H groups in total. The summed E-state index contributed by atoms with van der Waals surface area (Å²) < 4.78 is 10.3. The fourth-order valence-electron chi connectivity index (χ4n) is 2.90. The first kappa shape index (κ1) is 21.9. The molecule has 2 rings (SSSR count). The van der Waals surface area contributed by atoms with E-state index in [9.17, 15) is 19.7 Å². The predicted octanol–water partition coefficient (Wildman–Crippen LogP) is 3.92. The number of non-ortho nitro benzene ring substituents is 1. The van der Waals surface area contributed by atoms with Crippen LogP contribution in [0.25, 0.3) is 0 Å². The Hall–Kier alpha value is -3.42. The molecule has 0 bridgehead atoms. The number of nitrogens with zero attached hydrogens (tertiary/aromatic N) is 1. The Morgan fingerprint density at radius 2 is 1.86 bits per heavy atom. The zero-order valence-electron chi connectivity index (χ0n) is 16.6. The number of hydrogen-bond acceptors (Lipinski definition) is 6. The minimum Gasteiger partial charge on any atom is -0.494 e. The number of carbonyl (C=O) groups is 2. The second-order valence-corrected chi connectivity index (χ2v) is 6.57. The number of amides is 1. The van der Waals surface area contributed by atoms with Gasteiger partial charge in [-0.1, -0.05) is 50.6 Å².